The summed E-state index contributed by atoms with van der Waals surface area (Å²) in [6.45, 7) is 2.90. The van der Waals surface area contributed by atoms with Crippen molar-refractivity contribution in [3.05, 3.63) is 140 Å². The molecule has 1 aliphatic heterocycles. The van der Waals surface area contributed by atoms with Crippen molar-refractivity contribution in [1.29, 1.82) is 0 Å². The van der Waals surface area contributed by atoms with Gasteiger partial charge in [-0.1, -0.05) is 91.0 Å². The molecule has 3 N–H and O–H groups in total. The number of aromatic nitrogens is 2. The zero-order valence-electron chi connectivity index (χ0n) is 20.5. The maximum Gasteiger partial charge on any atom is 0.325 e. The van der Waals surface area contributed by atoms with Gasteiger partial charge in [0, 0.05) is 25.5 Å². The van der Waals surface area contributed by atoms with E-state index >= 15 is 0 Å². The smallest absolute Gasteiger partial charge is 0.325 e. The zero-order valence-corrected chi connectivity index (χ0v) is 20.5. The molecule has 36 heavy (non-hydrogen) atoms. The van der Waals surface area contributed by atoms with Crippen LogP contribution < -0.4 is 11.2 Å². The average Bonchev–Trinajstić information content (AvgIpc) is 3.41. The Bertz CT molecular complexity index is 1190. The monoisotopic (exact) mass is 488 g/mol. The molecule has 1 aromatic heterocycles. The number of H-pyrrole nitrogens is 2. The predicted octanol–water partition coefficient (Wildman–Crippen LogP) is 3.76. The molecule has 2 heterocycles. The Balaban J connectivity index is 0.000000196. The molecule has 7 heteroatoms. The van der Waals surface area contributed by atoms with Gasteiger partial charge in [0.2, 0.25) is 0 Å². The Morgan fingerprint density at radius 3 is 1.61 bits per heavy atom. The molecule has 0 aliphatic carbocycles. The van der Waals surface area contributed by atoms with E-state index in [0.29, 0.717) is 12.2 Å². The van der Waals surface area contributed by atoms with Crippen LogP contribution >= 0.6 is 0 Å². The molecule has 188 valence electrons. The van der Waals surface area contributed by atoms with Crippen LogP contribution in [0.2, 0.25) is 0 Å². The maximum absolute atomic E-state index is 10.6. The minimum atomic E-state index is -0.580. The molecule has 3 aromatic carbocycles. The molecule has 1 unspecified atom stereocenters. The lowest BCUT2D eigenvalue weighted by Gasteiger charge is -2.34. The molecule has 0 radical (unpaired) electrons. The molecule has 4 aromatic rings. The van der Waals surface area contributed by atoms with Crippen LogP contribution in [-0.2, 0) is 15.1 Å². The summed E-state index contributed by atoms with van der Waals surface area (Å²) < 4.78 is 10.9. The van der Waals surface area contributed by atoms with Crippen molar-refractivity contribution in [1.82, 2.24) is 9.97 Å². The van der Waals surface area contributed by atoms with Crippen LogP contribution in [0, 0.1) is 6.92 Å². The molecule has 0 saturated carbocycles. The fourth-order valence-electron chi connectivity index (χ4n) is 3.87. The second-order valence-corrected chi connectivity index (χ2v) is 8.26. The van der Waals surface area contributed by atoms with Gasteiger partial charge in [0.25, 0.3) is 5.56 Å². The van der Waals surface area contributed by atoms with Crippen molar-refractivity contribution < 1.29 is 14.6 Å². The van der Waals surface area contributed by atoms with E-state index in [-0.39, 0.29) is 11.7 Å². The normalized spacial score (nSPS) is 14.7. The van der Waals surface area contributed by atoms with Gasteiger partial charge in [-0.25, -0.2) is 4.79 Å². The van der Waals surface area contributed by atoms with Crippen LogP contribution in [0.3, 0.4) is 0 Å². The van der Waals surface area contributed by atoms with Crippen LogP contribution in [0.15, 0.2) is 107 Å². The summed E-state index contributed by atoms with van der Waals surface area (Å²) in [5.41, 5.74) is 2.52. The van der Waals surface area contributed by atoms with E-state index in [1.165, 1.54) is 6.20 Å². The Morgan fingerprint density at radius 2 is 1.33 bits per heavy atom. The first kappa shape index (κ1) is 26.8. The molecule has 0 amide bonds. The Labute approximate surface area is 210 Å². The average molecular weight is 489 g/mol. The standard InChI is InChI=1S/C20H18O.C5H6N2O2.C4H8O2/c1-21-20(17-11-5-2-6-12-17,18-13-7-3-8-14-18)19-15-9-4-10-16-19;1-3-2-6-5(9)7-4(3)8;5-4-1-2-6-3-4/h2-16H,1H3;2H,1H3,(H2,6,7,8,9);4-5H,1-3H2. The third kappa shape index (κ3) is 6.88. The van der Waals surface area contributed by atoms with Gasteiger partial charge < -0.3 is 19.6 Å². The van der Waals surface area contributed by atoms with E-state index in [9.17, 15) is 9.59 Å². The second kappa shape index (κ2) is 13.3. The maximum atomic E-state index is 10.6. The first-order valence-corrected chi connectivity index (χ1v) is 11.7. The summed E-state index contributed by atoms with van der Waals surface area (Å²) in [5, 5.41) is 8.60. The molecule has 1 saturated heterocycles. The molecule has 0 spiro atoms. The highest BCUT2D eigenvalue weighted by atomic mass is 16.5. The first-order chi connectivity index (χ1) is 17.5. The van der Waals surface area contributed by atoms with Gasteiger partial charge >= 0.3 is 5.69 Å². The fraction of sp³-hybridized carbons (Fsp3) is 0.241. The molecule has 0 bridgehead atoms. The van der Waals surface area contributed by atoms with Crippen molar-refractivity contribution in [2.24, 2.45) is 0 Å². The number of benzene rings is 3. The molecule has 5 rings (SSSR count). The lowest BCUT2D eigenvalue weighted by Crippen LogP contribution is -2.31. The summed E-state index contributed by atoms with van der Waals surface area (Å²) >= 11 is 0. The van der Waals surface area contributed by atoms with E-state index in [0.717, 1.165) is 29.7 Å². The number of hydrogen-bond acceptors (Lipinski definition) is 5. The van der Waals surface area contributed by atoms with Crippen molar-refractivity contribution >= 4 is 0 Å². The number of ether oxygens (including phenoxy) is 2. The molecule has 7 nitrogen and oxygen atoms in total. The minimum Gasteiger partial charge on any atom is -0.391 e. The third-order valence-electron chi connectivity index (χ3n) is 5.76. The summed E-state index contributed by atoms with van der Waals surface area (Å²) in [7, 11) is 1.77. The molecular weight excluding hydrogens is 456 g/mol. The van der Waals surface area contributed by atoms with Crippen molar-refractivity contribution in [2.45, 2.75) is 25.0 Å². The highest BCUT2D eigenvalue weighted by Crippen LogP contribution is 2.39. The van der Waals surface area contributed by atoms with E-state index in [1.807, 2.05) is 18.2 Å². The molecule has 1 atom stereocenters. The number of aromatic amines is 2. The zero-order chi connectivity index (χ0) is 25.8. The second-order valence-electron chi connectivity index (χ2n) is 8.26. The largest absolute Gasteiger partial charge is 0.391 e. The van der Waals surface area contributed by atoms with Crippen molar-refractivity contribution in [3.8, 4) is 0 Å². The Morgan fingerprint density at radius 1 is 0.861 bits per heavy atom. The van der Waals surface area contributed by atoms with Crippen LogP contribution in [0.4, 0.5) is 0 Å². The highest BCUT2D eigenvalue weighted by molar-refractivity contribution is 5.47. The van der Waals surface area contributed by atoms with Crippen LogP contribution in [0.5, 0.6) is 0 Å². The summed E-state index contributed by atoms with van der Waals surface area (Å²) in [6, 6.07) is 31.1. The topological polar surface area (TPSA) is 104 Å². The van der Waals surface area contributed by atoms with Crippen molar-refractivity contribution in [3.63, 3.8) is 0 Å². The van der Waals surface area contributed by atoms with E-state index in [4.69, 9.17) is 14.6 Å². The van der Waals surface area contributed by atoms with E-state index in [2.05, 4.69) is 82.8 Å². The number of hydrogen-bond donors (Lipinski definition) is 3. The Hall–Kier alpha value is -3.78. The molecule has 1 fully saturated rings. The summed E-state index contributed by atoms with van der Waals surface area (Å²) in [5.74, 6) is 0. The lowest BCUT2D eigenvalue weighted by molar-refractivity contribution is 0.0585. The SMILES string of the molecule is COC(c1ccccc1)(c1ccccc1)c1ccccc1.Cc1c[nH]c(=O)[nH]c1=O.OC1CCOC1. The van der Waals surface area contributed by atoms with E-state index in [1.54, 1.807) is 14.0 Å². The van der Waals surface area contributed by atoms with Gasteiger partial charge in [0.05, 0.1) is 12.7 Å². The number of rotatable bonds is 4. The van der Waals surface area contributed by atoms with Gasteiger partial charge in [0.1, 0.15) is 5.60 Å². The lowest BCUT2D eigenvalue weighted by atomic mass is 9.80. The van der Waals surface area contributed by atoms with Gasteiger partial charge in [-0.2, -0.15) is 0 Å². The number of aryl methyl sites for hydroxylation is 1. The quantitative estimate of drug-likeness (QED) is 0.380. The van der Waals surface area contributed by atoms with Gasteiger partial charge in [-0.3, -0.25) is 9.78 Å². The van der Waals surface area contributed by atoms with E-state index < -0.39 is 11.3 Å². The third-order valence-corrected chi connectivity index (χ3v) is 5.76. The number of nitrogens with one attached hydrogen (secondary N) is 2. The molecular formula is C29H32N2O5. The predicted molar refractivity (Wildman–Crippen MR) is 140 cm³/mol. The molecule has 1 aliphatic rings. The van der Waals surface area contributed by atoms with Gasteiger partial charge in [0.15, 0.2) is 0 Å². The minimum absolute atomic E-state index is 0.176. The summed E-state index contributed by atoms with van der Waals surface area (Å²) in [6.07, 6.45) is 2.02. The van der Waals surface area contributed by atoms with Crippen molar-refractivity contribution in [2.75, 3.05) is 20.3 Å². The number of aliphatic hydroxyl groups is 1. The number of methoxy groups -OCH3 is 1. The van der Waals surface area contributed by atoms with Crippen LogP contribution in [-0.4, -0.2) is 41.5 Å². The first-order valence-electron chi connectivity index (χ1n) is 11.7. The van der Waals surface area contributed by atoms with Gasteiger partial charge in [-0.05, 0) is 30.0 Å². The van der Waals surface area contributed by atoms with Crippen LogP contribution in [0.1, 0.15) is 28.7 Å². The highest BCUT2D eigenvalue weighted by Gasteiger charge is 2.36. The summed E-state index contributed by atoms with van der Waals surface area (Å²) in [4.78, 5) is 25.3. The van der Waals surface area contributed by atoms with Gasteiger partial charge in [-0.15, -0.1) is 0 Å². The van der Waals surface area contributed by atoms with Crippen LogP contribution in [0.25, 0.3) is 0 Å². The number of aliphatic hydroxyl groups excluding tert-OH is 1. The Kier molecular flexibility index (Phi) is 9.94. The fourth-order valence-corrected chi connectivity index (χ4v) is 3.87.